The van der Waals surface area contributed by atoms with E-state index in [9.17, 15) is 13.2 Å². The number of benzene rings is 1. The van der Waals surface area contributed by atoms with Crippen LogP contribution in [0.2, 0.25) is 0 Å². The van der Waals surface area contributed by atoms with E-state index in [0.717, 1.165) is 12.5 Å². The fraction of sp³-hybridized carbons (Fsp3) is 0.538. The Kier molecular flexibility index (Phi) is 5.16. The SMILES string of the molecule is CCC(OC)C(NC)c1cccc(C(F)(F)F)c1. The summed E-state index contributed by atoms with van der Waals surface area (Å²) in [4.78, 5) is 0. The first-order chi connectivity index (χ1) is 8.43. The highest BCUT2D eigenvalue weighted by atomic mass is 19.4. The number of rotatable bonds is 5. The summed E-state index contributed by atoms with van der Waals surface area (Å²) in [5.41, 5.74) is -0.0489. The molecule has 0 amide bonds. The molecule has 2 unspecified atom stereocenters. The number of hydrogen-bond donors (Lipinski definition) is 1. The maximum atomic E-state index is 12.6. The smallest absolute Gasteiger partial charge is 0.379 e. The van der Waals surface area contributed by atoms with Crippen LogP contribution in [0, 0.1) is 0 Å². The Morgan fingerprint density at radius 3 is 2.44 bits per heavy atom. The van der Waals surface area contributed by atoms with E-state index in [4.69, 9.17) is 4.74 Å². The van der Waals surface area contributed by atoms with E-state index in [0.29, 0.717) is 5.56 Å². The molecule has 0 fully saturated rings. The molecule has 0 aliphatic heterocycles. The minimum absolute atomic E-state index is 0.154. The molecule has 0 aromatic heterocycles. The first-order valence-corrected chi connectivity index (χ1v) is 5.81. The molecule has 1 N–H and O–H groups in total. The molecule has 0 heterocycles. The van der Waals surface area contributed by atoms with Crippen LogP contribution in [0.1, 0.15) is 30.5 Å². The van der Waals surface area contributed by atoms with Gasteiger partial charge >= 0.3 is 6.18 Å². The van der Waals surface area contributed by atoms with Crippen LogP contribution in [0.4, 0.5) is 13.2 Å². The van der Waals surface area contributed by atoms with Crippen molar-refractivity contribution in [1.82, 2.24) is 5.32 Å². The van der Waals surface area contributed by atoms with Crippen LogP contribution in [-0.2, 0) is 10.9 Å². The van der Waals surface area contributed by atoms with Gasteiger partial charge in [0.25, 0.3) is 0 Å². The van der Waals surface area contributed by atoms with Crippen molar-refractivity contribution in [2.45, 2.75) is 31.7 Å². The molecule has 2 atom stereocenters. The summed E-state index contributed by atoms with van der Waals surface area (Å²) in [7, 11) is 3.28. The monoisotopic (exact) mass is 261 g/mol. The maximum Gasteiger partial charge on any atom is 0.416 e. The van der Waals surface area contributed by atoms with E-state index < -0.39 is 11.7 Å². The fourth-order valence-corrected chi connectivity index (χ4v) is 2.01. The van der Waals surface area contributed by atoms with E-state index in [1.807, 2.05) is 6.92 Å². The van der Waals surface area contributed by atoms with Crippen molar-refractivity contribution < 1.29 is 17.9 Å². The van der Waals surface area contributed by atoms with E-state index in [-0.39, 0.29) is 12.1 Å². The molecule has 5 heteroatoms. The second kappa shape index (κ2) is 6.20. The van der Waals surface area contributed by atoms with Gasteiger partial charge in [0.2, 0.25) is 0 Å². The van der Waals surface area contributed by atoms with Gasteiger partial charge in [0, 0.05) is 7.11 Å². The number of alkyl halides is 3. The van der Waals surface area contributed by atoms with Gasteiger partial charge < -0.3 is 10.1 Å². The molecule has 1 aromatic carbocycles. The number of likely N-dealkylation sites (N-methyl/N-ethyl adjacent to an activating group) is 1. The lowest BCUT2D eigenvalue weighted by Crippen LogP contribution is -2.30. The summed E-state index contributed by atoms with van der Waals surface area (Å²) < 4.78 is 43.2. The molecule has 1 aromatic rings. The van der Waals surface area contributed by atoms with E-state index >= 15 is 0 Å². The molecular weight excluding hydrogens is 243 g/mol. The minimum Gasteiger partial charge on any atom is -0.379 e. The van der Waals surface area contributed by atoms with Gasteiger partial charge in [0.1, 0.15) is 0 Å². The molecule has 0 saturated heterocycles. The lowest BCUT2D eigenvalue weighted by atomic mass is 9.98. The Morgan fingerprint density at radius 1 is 1.33 bits per heavy atom. The quantitative estimate of drug-likeness (QED) is 0.877. The molecule has 2 nitrogen and oxygen atoms in total. The zero-order valence-electron chi connectivity index (χ0n) is 10.7. The zero-order valence-corrected chi connectivity index (χ0v) is 10.7. The summed E-state index contributed by atoms with van der Waals surface area (Å²) in [6.07, 6.45) is -3.75. The van der Waals surface area contributed by atoms with Gasteiger partial charge in [-0.3, -0.25) is 0 Å². The number of ether oxygens (including phenoxy) is 1. The lowest BCUT2D eigenvalue weighted by Gasteiger charge is -2.25. The van der Waals surface area contributed by atoms with Gasteiger partial charge in [0.05, 0.1) is 17.7 Å². The zero-order chi connectivity index (χ0) is 13.8. The molecule has 1 rings (SSSR count). The standard InChI is InChI=1S/C13H18F3NO/c1-4-11(18-3)12(17-2)9-6-5-7-10(8-9)13(14,15)16/h5-8,11-12,17H,4H2,1-3H3. The van der Waals surface area contributed by atoms with Crippen LogP contribution in [0.15, 0.2) is 24.3 Å². The first-order valence-electron chi connectivity index (χ1n) is 5.81. The van der Waals surface area contributed by atoms with E-state index in [1.165, 1.54) is 12.1 Å². The third kappa shape index (κ3) is 3.46. The molecule has 0 radical (unpaired) electrons. The number of nitrogens with one attached hydrogen (secondary N) is 1. The number of hydrogen-bond acceptors (Lipinski definition) is 2. The Hall–Kier alpha value is -1.07. The topological polar surface area (TPSA) is 21.3 Å². The Morgan fingerprint density at radius 2 is 2.00 bits per heavy atom. The van der Waals surface area contributed by atoms with Crippen molar-refractivity contribution >= 4 is 0 Å². The number of methoxy groups -OCH3 is 1. The third-order valence-electron chi connectivity index (χ3n) is 2.96. The summed E-state index contributed by atoms with van der Waals surface area (Å²) in [5.74, 6) is 0. The summed E-state index contributed by atoms with van der Waals surface area (Å²) in [6, 6.07) is 5.10. The van der Waals surface area contributed by atoms with Crippen LogP contribution in [0.25, 0.3) is 0 Å². The van der Waals surface area contributed by atoms with E-state index in [1.54, 1.807) is 20.2 Å². The van der Waals surface area contributed by atoms with Crippen molar-refractivity contribution in [1.29, 1.82) is 0 Å². The molecule has 0 aliphatic carbocycles. The first kappa shape index (κ1) is 15.0. The van der Waals surface area contributed by atoms with Gasteiger partial charge in [0.15, 0.2) is 0 Å². The third-order valence-corrected chi connectivity index (χ3v) is 2.96. The Bertz CT molecular complexity index is 375. The predicted octanol–water partition coefficient (Wildman–Crippen LogP) is 3.39. The second-order valence-electron chi connectivity index (χ2n) is 4.07. The van der Waals surface area contributed by atoms with E-state index in [2.05, 4.69) is 5.32 Å². The van der Waals surface area contributed by atoms with Crippen molar-refractivity contribution in [2.24, 2.45) is 0 Å². The fourth-order valence-electron chi connectivity index (χ4n) is 2.01. The summed E-state index contributed by atoms with van der Waals surface area (Å²) >= 11 is 0. The highest BCUT2D eigenvalue weighted by molar-refractivity contribution is 5.28. The normalized spacial score (nSPS) is 15.4. The highest BCUT2D eigenvalue weighted by Crippen LogP contribution is 2.31. The van der Waals surface area contributed by atoms with Crippen LogP contribution in [0.3, 0.4) is 0 Å². The Labute approximate surface area is 105 Å². The molecule has 0 spiro atoms. The minimum atomic E-state index is -4.32. The van der Waals surface area contributed by atoms with Crippen molar-refractivity contribution in [2.75, 3.05) is 14.2 Å². The van der Waals surface area contributed by atoms with Gasteiger partial charge in [-0.25, -0.2) is 0 Å². The second-order valence-corrected chi connectivity index (χ2v) is 4.07. The molecular formula is C13H18F3NO. The molecule has 0 bridgehead atoms. The molecule has 0 saturated carbocycles. The predicted molar refractivity (Wildman–Crippen MR) is 64.3 cm³/mol. The number of halogens is 3. The van der Waals surface area contributed by atoms with Gasteiger partial charge in [-0.05, 0) is 31.2 Å². The van der Waals surface area contributed by atoms with Crippen LogP contribution >= 0.6 is 0 Å². The van der Waals surface area contributed by atoms with Gasteiger partial charge in [-0.15, -0.1) is 0 Å². The lowest BCUT2D eigenvalue weighted by molar-refractivity contribution is -0.137. The largest absolute Gasteiger partial charge is 0.416 e. The summed E-state index contributed by atoms with van der Waals surface area (Å²) in [6.45, 7) is 1.94. The maximum absolute atomic E-state index is 12.6. The van der Waals surface area contributed by atoms with Crippen molar-refractivity contribution in [3.63, 3.8) is 0 Å². The van der Waals surface area contributed by atoms with Crippen molar-refractivity contribution in [3.8, 4) is 0 Å². The molecule has 18 heavy (non-hydrogen) atoms. The van der Waals surface area contributed by atoms with Crippen LogP contribution in [-0.4, -0.2) is 20.3 Å². The molecule has 102 valence electrons. The summed E-state index contributed by atoms with van der Waals surface area (Å²) in [5, 5.41) is 3.01. The van der Waals surface area contributed by atoms with Crippen LogP contribution in [0.5, 0.6) is 0 Å². The average molecular weight is 261 g/mol. The Balaban J connectivity index is 3.07. The molecule has 0 aliphatic rings. The van der Waals surface area contributed by atoms with Gasteiger partial charge in [-0.2, -0.15) is 13.2 Å². The highest BCUT2D eigenvalue weighted by Gasteiger charge is 2.31. The average Bonchev–Trinajstić information content (AvgIpc) is 2.35. The van der Waals surface area contributed by atoms with Crippen molar-refractivity contribution in [3.05, 3.63) is 35.4 Å². The van der Waals surface area contributed by atoms with Gasteiger partial charge in [-0.1, -0.05) is 19.1 Å². The van der Waals surface area contributed by atoms with Crippen LogP contribution < -0.4 is 5.32 Å².